The van der Waals surface area contributed by atoms with Crippen molar-refractivity contribution in [2.45, 2.75) is 9.79 Å². The van der Waals surface area contributed by atoms with Crippen molar-refractivity contribution in [1.82, 2.24) is 0 Å². The van der Waals surface area contributed by atoms with Crippen LogP contribution < -0.4 is 0 Å². The number of hydrogen-bond acceptors (Lipinski definition) is 1. The molecular formula is C32H19BrS. The minimum absolute atomic E-state index is 1.12. The van der Waals surface area contributed by atoms with E-state index in [-0.39, 0.29) is 0 Å². The van der Waals surface area contributed by atoms with Gasteiger partial charge in [-0.25, -0.2) is 0 Å². The Hall–Kier alpha value is -3.33. The Kier molecular flexibility index (Phi) is 4.65. The summed E-state index contributed by atoms with van der Waals surface area (Å²) in [6.07, 6.45) is 0. The van der Waals surface area contributed by atoms with Gasteiger partial charge in [0.05, 0.1) is 0 Å². The zero-order chi connectivity index (χ0) is 22.6. The molecule has 0 aliphatic rings. The molecule has 0 fully saturated rings. The fourth-order valence-electron chi connectivity index (χ4n) is 5.32. The first-order valence-electron chi connectivity index (χ1n) is 11.4. The molecule has 0 unspecified atom stereocenters. The lowest BCUT2D eigenvalue weighted by atomic mass is 9.87. The third-order valence-corrected chi connectivity index (χ3v) is 8.76. The van der Waals surface area contributed by atoms with Crippen molar-refractivity contribution in [2.24, 2.45) is 0 Å². The van der Waals surface area contributed by atoms with Gasteiger partial charge in [-0.1, -0.05) is 103 Å². The third-order valence-electron chi connectivity index (χ3n) is 6.74. The Morgan fingerprint density at radius 3 is 1.41 bits per heavy atom. The predicted molar refractivity (Wildman–Crippen MR) is 152 cm³/mol. The Balaban J connectivity index is 1.69. The quantitative estimate of drug-likeness (QED) is 0.206. The van der Waals surface area contributed by atoms with E-state index in [0.29, 0.717) is 0 Å². The van der Waals surface area contributed by atoms with Crippen molar-refractivity contribution in [1.29, 1.82) is 0 Å². The van der Waals surface area contributed by atoms with Crippen molar-refractivity contribution < 1.29 is 0 Å². The highest BCUT2D eigenvalue weighted by Crippen LogP contribution is 2.45. The molecule has 0 nitrogen and oxygen atoms in total. The summed E-state index contributed by atoms with van der Waals surface area (Å²) < 4.78 is 1.12. The molecule has 7 aromatic carbocycles. The molecule has 0 saturated heterocycles. The smallest absolute Gasteiger partial charge is 0.0314 e. The Bertz CT molecular complexity index is 1890. The van der Waals surface area contributed by atoms with E-state index in [1.54, 1.807) is 11.8 Å². The van der Waals surface area contributed by atoms with E-state index in [9.17, 15) is 0 Å². The molecule has 160 valence electrons. The molecule has 2 heteroatoms. The lowest BCUT2D eigenvalue weighted by molar-refractivity contribution is 1.38. The lowest BCUT2D eigenvalue weighted by Crippen LogP contribution is -1.88. The first kappa shape index (κ1) is 20.1. The monoisotopic (exact) mass is 514 g/mol. The van der Waals surface area contributed by atoms with E-state index >= 15 is 0 Å². The second-order valence-corrected chi connectivity index (χ2v) is 10.6. The van der Waals surface area contributed by atoms with Crippen molar-refractivity contribution >= 4 is 81.6 Å². The third kappa shape index (κ3) is 2.99. The number of hydrogen-bond donors (Lipinski definition) is 0. The highest BCUT2D eigenvalue weighted by molar-refractivity contribution is 9.10. The molecule has 0 N–H and O–H groups in total. The number of fused-ring (bicyclic) bond motifs is 11. The van der Waals surface area contributed by atoms with Crippen molar-refractivity contribution in [2.75, 3.05) is 0 Å². The van der Waals surface area contributed by atoms with Crippen LogP contribution in [0.25, 0.3) is 53.9 Å². The van der Waals surface area contributed by atoms with Crippen LogP contribution in [0.15, 0.2) is 130 Å². The van der Waals surface area contributed by atoms with Crippen LogP contribution in [0.1, 0.15) is 0 Å². The molecule has 7 rings (SSSR count). The molecule has 0 radical (unpaired) electrons. The number of benzene rings is 7. The van der Waals surface area contributed by atoms with Crippen molar-refractivity contribution in [3.05, 3.63) is 120 Å². The van der Waals surface area contributed by atoms with Gasteiger partial charge in [-0.2, -0.15) is 0 Å². The van der Waals surface area contributed by atoms with E-state index < -0.39 is 0 Å². The molecule has 0 aliphatic heterocycles. The maximum Gasteiger partial charge on any atom is 0.0314 e. The SMILES string of the molecule is Brc1ccccc1Sc1ccc2c3ccccc3c3c4ccccc4c4ccccc4c3c2c1. The molecule has 0 atom stereocenters. The molecule has 0 amide bonds. The van der Waals surface area contributed by atoms with Crippen LogP contribution in [-0.4, -0.2) is 0 Å². The Labute approximate surface area is 210 Å². The van der Waals surface area contributed by atoms with Gasteiger partial charge in [0.15, 0.2) is 0 Å². The highest BCUT2D eigenvalue weighted by atomic mass is 79.9. The van der Waals surface area contributed by atoms with E-state index in [1.165, 1.54) is 63.7 Å². The van der Waals surface area contributed by atoms with Gasteiger partial charge < -0.3 is 0 Å². The molecular weight excluding hydrogens is 496 g/mol. The van der Waals surface area contributed by atoms with Gasteiger partial charge in [0.1, 0.15) is 0 Å². The minimum atomic E-state index is 1.12. The fraction of sp³-hybridized carbons (Fsp3) is 0. The summed E-state index contributed by atoms with van der Waals surface area (Å²) in [6, 6.07) is 41.9. The van der Waals surface area contributed by atoms with Gasteiger partial charge >= 0.3 is 0 Å². The molecule has 0 saturated carbocycles. The topological polar surface area (TPSA) is 0 Å². The van der Waals surface area contributed by atoms with Crippen LogP contribution >= 0.6 is 27.7 Å². The van der Waals surface area contributed by atoms with E-state index in [1.807, 2.05) is 0 Å². The standard InChI is InChI=1S/C32H19BrS/c33-29-15-7-8-16-30(29)34-20-17-18-24-23-11-3-5-13-26(23)31-25-12-4-1-9-21(25)22-10-2-6-14-27(22)32(31)28(24)19-20/h1-19H. The molecule has 0 spiro atoms. The van der Waals surface area contributed by atoms with Gasteiger partial charge in [-0.05, 0) is 94.1 Å². The maximum absolute atomic E-state index is 3.71. The number of halogens is 1. The molecule has 0 bridgehead atoms. The van der Waals surface area contributed by atoms with Gasteiger partial charge in [0.2, 0.25) is 0 Å². The van der Waals surface area contributed by atoms with Crippen LogP contribution in [-0.2, 0) is 0 Å². The lowest BCUT2D eigenvalue weighted by Gasteiger charge is -2.17. The van der Waals surface area contributed by atoms with E-state index in [2.05, 4.69) is 131 Å². The molecule has 0 aromatic heterocycles. The van der Waals surface area contributed by atoms with Gasteiger partial charge in [-0.15, -0.1) is 0 Å². The summed E-state index contributed by atoms with van der Waals surface area (Å²) in [5.41, 5.74) is 0. The molecule has 7 aromatic rings. The average Bonchev–Trinajstić information content (AvgIpc) is 2.89. The second-order valence-electron chi connectivity index (χ2n) is 8.63. The zero-order valence-corrected chi connectivity index (χ0v) is 20.7. The average molecular weight is 515 g/mol. The molecule has 0 aliphatic carbocycles. The van der Waals surface area contributed by atoms with Crippen LogP contribution in [0.3, 0.4) is 0 Å². The van der Waals surface area contributed by atoms with Gasteiger partial charge in [-0.3, -0.25) is 0 Å². The van der Waals surface area contributed by atoms with Crippen molar-refractivity contribution in [3.63, 3.8) is 0 Å². The highest BCUT2D eigenvalue weighted by Gasteiger charge is 2.16. The number of rotatable bonds is 2. The van der Waals surface area contributed by atoms with E-state index in [4.69, 9.17) is 0 Å². The summed E-state index contributed by atoms with van der Waals surface area (Å²) in [6.45, 7) is 0. The zero-order valence-electron chi connectivity index (χ0n) is 18.3. The van der Waals surface area contributed by atoms with Crippen LogP contribution in [0.2, 0.25) is 0 Å². The summed E-state index contributed by atoms with van der Waals surface area (Å²) in [5.74, 6) is 0. The maximum atomic E-state index is 3.71. The molecule has 0 heterocycles. The summed E-state index contributed by atoms with van der Waals surface area (Å²) in [4.78, 5) is 2.47. The van der Waals surface area contributed by atoms with Gasteiger partial charge in [0.25, 0.3) is 0 Å². The molecule has 34 heavy (non-hydrogen) atoms. The summed E-state index contributed by atoms with van der Waals surface area (Å²) in [5, 5.41) is 13.2. The largest absolute Gasteiger partial charge is 0.0889 e. The second kappa shape index (κ2) is 7.87. The normalized spacial score (nSPS) is 11.8. The Morgan fingerprint density at radius 2 is 0.853 bits per heavy atom. The first-order valence-corrected chi connectivity index (χ1v) is 13.0. The minimum Gasteiger partial charge on any atom is -0.0889 e. The first-order chi connectivity index (χ1) is 16.8. The van der Waals surface area contributed by atoms with Crippen molar-refractivity contribution in [3.8, 4) is 0 Å². The Morgan fingerprint density at radius 1 is 0.412 bits per heavy atom. The summed E-state index contributed by atoms with van der Waals surface area (Å²) in [7, 11) is 0. The summed E-state index contributed by atoms with van der Waals surface area (Å²) >= 11 is 5.52. The van der Waals surface area contributed by atoms with Crippen LogP contribution in [0, 0.1) is 0 Å². The van der Waals surface area contributed by atoms with E-state index in [0.717, 1.165) is 4.47 Å². The van der Waals surface area contributed by atoms with Gasteiger partial charge in [0, 0.05) is 14.3 Å². The van der Waals surface area contributed by atoms with Crippen LogP contribution in [0.5, 0.6) is 0 Å². The van der Waals surface area contributed by atoms with Crippen LogP contribution in [0.4, 0.5) is 0 Å². The fourth-order valence-corrected chi connectivity index (χ4v) is 6.73. The predicted octanol–water partition coefficient (Wildman–Crippen LogP) is 10.4.